The van der Waals surface area contributed by atoms with Gasteiger partial charge in [0.05, 0.1) is 6.04 Å². The first-order valence-electron chi connectivity index (χ1n) is 5.87. The molecule has 18 heavy (non-hydrogen) atoms. The third kappa shape index (κ3) is 2.23. The lowest BCUT2D eigenvalue weighted by Gasteiger charge is -2.49. The van der Waals surface area contributed by atoms with Crippen LogP contribution < -0.4 is 5.32 Å². The topological polar surface area (TPSA) is 49.4 Å². The average Bonchev–Trinajstić information content (AvgIpc) is 2.28. The number of alkyl halides is 3. The van der Waals surface area contributed by atoms with Crippen molar-refractivity contribution in [3.05, 3.63) is 0 Å². The van der Waals surface area contributed by atoms with Crippen LogP contribution in [0.3, 0.4) is 0 Å². The van der Waals surface area contributed by atoms with Crippen LogP contribution in [0.1, 0.15) is 19.8 Å². The summed E-state index contributed by atoms with van der Waals surface area (Å²) in [5.41, 5.74) is -0.428. The number of rotatable bonds is 2. The van der Waals surface area contributed by atoms with Crippen LogP contribution in [-0.2, 0) is 9.59 Å². The van der Waals surface area contributed by atoms with E-state index in [0.29, 0.717) is 13.1 Å². The number of nitrogens with zero attached hydrogens (tertiary/aromatic N) is 1. The molecule has 4 nitrogen and oxygen atoms in total. The van der Waals surface area contributed by atoms with Crippen molar-refractivity contribution in [2.24, 2.45) is 5.41 Å². The number of ketones is 1. The average molecular weight is 264 g/mol. The third-order valence-electron chi connectivity index (χ3n) is 3.95. The van der Waals surface area contributed by atoms with E-state index in [1.165, 1.54) is 0 Å². The lowest BCUT2D eigenvalue weighted by Crippen LogP contribution is -2.63. The molecule has 102 valence electrons. The van der Waals surface area contributed by atoms with E-state index in [0.717, 1.165) is 12.8 Å². The molecule has 2 bridgehead atoms. The first-order valence-corrected chi connectivity index (χ1v) is 5.87. The first-order chi connectivity index (χ1) is 8.24. The lowest BCUT2D eigenvalue weighted by molar-refractivity contribution is -0.174. The van der Waals surface area contributed by atoms with Crippen molar-refractivity contribution >= 4 is 11.7 Å². The van der Waals surface area contributed by atoms with Gasteiger partial charge < -0.3 is 5.32 Å². The lowest BCUT2D eigenvalue weighted by atomic mass is 9.69. The minimum absolute atomic E-state index is 0.0533. The van der Waals surface area contributed by atoms with Crippen molar-refractivity contribution < 1.29 is 22.8 Å². The zero-order chi connectivity index (χ0) is 13.6. The van der Waals surface area contributed by atoms with Gasteiger partial charge in [-0.05, 0) is 25.9 Å². The summed E-state index contributed by atoms with van der Waals surface area (Å²) in [7, 11) is 0. The fraction of sp³-hybridized carbons (Fsp3) is 0.818. The van der Waals surface area contributed by atoms with Gasteiger partial charge in [0.1, 0.15) is 0 Å². The number of hydrogen-bond donors (Lipinski definition) is 1. The Morgan fingerprint density at radius 3 is 2.50 bits per heavy atom. The second kappa shape index (κ2) is 4.22. The van der Waals surface area contributed by atoms with E-state index in [9.17, 15) is 22.8 Å². The number of amides is 1. The fourth-order valence-electron chi connectivity index (χ4n) is 2.66. The molecule has 0 aromatic carbocycles. The Balaban J connectivity index is 1.98. The highest BCUT2D eigenvalue weighted by Crippen LogP contribution is 2.39. The summed E-state index contributed by atoms with van der Waals surface area (Å²) >= 11 is 0. The van der Waals surface area contributed by atoms with Crippen LogP contribution >= 0.6 is 0 Å². The van der Waals surface area contributed by atoms with E-state index < -0.39 is 23.5 Å². The SMILES string of the molecule is CC12CCN(CC1)C(CNC(=O)C(F)(F)F)C2=O. The molecule has 1 unspecified atom stereocenters. The molecule has 1 amide bonds. The summed E-state index contributed by atoms with van der Waals surface area (Å²) in [5.74, 6) is -2.04. The molecule has 3 fully saturated rings. The van der Waals surface area contributed by atoms with Crippen LogP contribution in [0.15, 0.2) is 0 Å². The van der Waals surface area contributed by atoms with Crippen molar-refractivity contribution in [1.29, 1.82) is 0 Å². The molecule has 3 rings (SSSR count). The van der Waals surface area contributed by atoms with Gasteiger partial charge >= 0.3 is 12.1 Å². The smallest absolute Gasteiger partial charge is 0.346 e. The number of hydrogen-bond acceptors (Lipinski definition) is 3. The second-order valence-corrected chi connectivity index (χ2v) is 5.18. The van der Waals surface area contributed by atoms with E-state index in [-0.39, 0.29) is 12.3 Å². The second-order valence-electron chi connectivity index (χ2n) is 5.18. The van der Waals surface area contributed by atoms with Crippen LogP contribution in [0.2, 0.25) is 0 Å². The van der Waals surface area contributed by atoms with Gasteiger partial charge in [-0.1, -0.05) is 6.92 Å². The minimum atomic E-state index is -4.89. The minimum Gasteiger partial charge on any atom is -0.346 e. The predicted molar refractivity (Wildman–Crippen MR) is 56.8 cm³/mol. The number of fused-ring (bicyclic) bond motifs is 3. The van der Waals surface area contributed by atoms with Gasteiger partial charge in [-0.15, -0.1) is 0 Å². The Bertz CT molecular complexity index is 373. The summed E-state index contributed by atoms with van der Waals surface area (Å²) in [6, 6.07) is -0.608. The van der Waals surface area contributed by atoms with E-state index >= 15 is 0 Å². The summed E-state index contributed by atoms with van der Waals surface area (Å²) in [6.45, 7) is 3.00. The molecule has 0 aliphatic carbocycles. The molecule has 3 aliphatic heterocycles. The quantitative estimate of drug-likeness (QED) is 0.799. The third-order valence-corrected chi connectivity index (χ3v) is 3.95. The van der Waals surface area contributed by atoms with Crippen LogP contribution in [0.5, 0.6) is 0 Å². The van der Waals surface area contributed by atoms with E-state index in [1.807, 2.05) is 11.8 Å². The number of halogens is 3. The van der Waals surface area contributed by atoms with Crippen LogP contribution in [0.4, 0.5) is 13.2 Å². The summed E-state index contributed by atoms with van der Waals surface area (Å²) in [5, 5.41) is 1.80. The first kappa shape index (κ1) is 13.3. The summed E-state index contributed by atoms with van der Waals surface area (Å²) < 4.78 is 36.2. The van der Waals surface area contributed by atoms with Gasteiger partial charge in [0.25, 0.3) is 0 Å². The Morgan fingerprint density at radius 2 is 2.00 bits per heavy atom. The van der Waals surface area contributed by atoms with Crippen molar-refractivity contribution in [3.63, 3.8) is 0 Å². The highest BCUT2D eigenvalue weighted by molar-refractivity contribution is 5.92. The molecule has 0 spiro atoms. The van der Waals surface area contributed by atoms with E-state index in [4.69, 9.17) is 0 Å². The molecule has 0 saturated carbocycles. The van der Waals surface area contributed by atoms with Crippen LogP contribution in [0.25, 0.3) is 0 Å². The Hall–Kier alpha value is -1.11. The standard InChI is InChI=1S/C11H15F3N2O2/c1-10-2-4-16(5-3-10)7(8(10)17)6-15-9(18)11(12,13)14/h7H,2-6H2,1H3,(H,15,18). The van der Waals surface area contributed by atoms with Crippen LogP contribution in [0, 0.1) is 5.41 Å². The number of Topliss-reactive ketones (excluding diaryl/α,β-unsaturated/α-hetero) is 1. The fourth-order valence-corrected chi connectivity index (χ4v) is 2.66. The maximum atomic E-state index is 12.1. The molecular formula is C11H15F3N2O2. The number of carbonyl (C=O) groups is 2. The Kier molecular flexibility index (Phi) is 3.12. The molecular weight excluding hydrogens is 249 g/mol. The van der Waals surface area contributed by atoms with Crippen molar-refractivity contribution in [3.8, 4) is 0 Å². The molecule has 3 heterocycles. The molecule has 0 radical (unpaired) electrons. The van der Waals surface area contributed by atoms with Gasteiger partial charge in [-0.25, -0.2) is 0 Å². The van der Waals surface area contributed by atoms with E-state index in [2.05, 4.69) is 0 Å². The van der Waals surface area contributed by atoms with Gasteiger partial charge in [0.2, 0.25) is 0 Å². The van der Waals surface area contributed by atoms with Crippen LogP contribution in [-0.4, -0.2) is 48.4 Å². The number of carbonyl (C=O) groups excluding carboxylic acids is 2. The van der Waals surface area contributed by atoms with Gasteiger partial charge in [-0.2, -0.15) is 13.2 Å². The normalized spacial score (nSPS) is 35.7. The van der Waals surface area contributed by atoms with Gasteiger partial charge in [0.15, 0.2) is 5.78 Å². The molecule has 3 saturated heterocycles. The van der Waals surface area contributed by atoms with Crippen molar-refractivity contribution in [2.75, 3.05) is 19.6 Å². The number of piperidine rings is 3. The largest absolute Gasteiger partial charge is 0.471 e. The van der Waals surface area contributed by atoms with Gasteiger partial charge in [-0.3, -0.25) is 14.5 Å². The maximum Gasteiger partial charge on any atom is 0.471 e. The zero-order valence-corrected chi connectivity index (χ0v) is 10.0. The highest BCUT2D eigenvalue weighted by Gasteiger charge is 2.49. The monoisotopic (exact) mass is 264 g/mol. The van der Waals surface area contributed by atoms with E-state index in [1.54, 1.807) is 5.32 Å². The highest BCUT2D eigenvalue weighted by atomic mass is 19.4. The summed E-state index contributed by atoms with van der Waals surface area (Å²) in [4.78, 5) is 24.7. The summed E-state index contributed by atoms with van der Waals surface area (Å²) in [6.07, 6.45) is -3.40. The zero-order valence-electron chi connectivity index (χ0n) is 10.0. The molecule has 1 N–H and O–H groups in total. The molecule has 0 aromatic rings. The molecule has 0 aromatic heterocycles. The maximum absolute atomic E-state index is 12.1. The molecule has 7 heteroatoms. The number of nitrogens with one attached hydrogen (secondary N) is 1. The van der Waals surface area contributed by atoms with Crippen molar-refractivity contribution in [2.45, 2.75) is 32.0 Å². The predicted octanol–water partition coefficient (Wildman–Crippen LogP) is 0.718. The Morgan fingerprint density at radius 1 is 1.44 bits per heavy atom. The molecule has 1 atom stereocenters. The molecule has 3 aliphatic rings. The van der Waals surface area contributed by atoms with Crippen molar-refractivity contribution in [1.82, 2.24) is 10.2 Å². The van der Waals surface area contributed by atoms with Gasteiger partial charge in [0, 0.05) is 12.0 Å². The Labute approximate surface area is 103 Å².